The van der Waals surface area contributed by atoms with Crippen molar-refractivity contribution in [3.05, 3.63) is 101 Å². The SMILES string of the molecule is O=C1c2ccc(C#Cc3ccccc3)cc2C(=O)N1c1cc[c-]cc1.[Y+3]. The van der Waals surface area contributed by atoms with Crippen LogP contribution in [0.25, 0.3) is 0 Å². The Labute approximate surface area is 176 Å². The van der Waals surface area contributed by atoms with Crippen LogP contribution in [-0.4, -0.2) is 11.8 Å². The molecule has 0 unspecified atom stereocenters. The van der Waals surface area contributed by atoms with Gasteiger partial charge in [-0.15, -0.1) is 12.1 Å². The Balaban J connectivity index is 0.00000196. The summed E-state index contributed by atoms with van der Waals surface area (Å²) >= 11 is 0. The summed E-state index contributed by atoms with van der Waals surface area (Å²) in [5, 5.41) is 0. The van der Waals surface area contributed by atoms with Crippen molar-refractivity contribution in [2.24, 2.45) is 0 Å². The first-order valence-electron chi connectivity index (χ1n) is 7.80. The van der Waals surface area contributed by atoms with Crippen LogP contribution in [0.1, 0.15) is 31.8 Å². The summed E-state index contributed by atoms with van der Waals surface area (Å²) < 4.78 is 0. The smallest absolute Gasteiger partial charge is 0.268 e. The fraction of sp³-hybridized carbons (Fsp3) is 0. The van der Waals surface area contributed by atoms with Gasteiger partial charge in [-0.1, -0.05) is 35.7 Å². The Morgan fingerprint density at radius 3 is 2.12 bits per heavy atom. The second-order valence-corrected chi connectivity index (χ2v) is 5.58. The fourth-order valence-corrected chi connectivity index (χ4v) is 2.75. The third kappa shape index (κ3) is 3.39. The van der Waals surface area contributed by atoms with Gasteiger partial charge in [0.25, 0.3) is 11.8 Å². The third-order valence-electron chi connectivity index (χ3n) is 3.97. The maximum atomic E-state index is 12.7. The molecule has 0 bridgehead atoms. The molecule has 2 amide bonds. The standard InChI is InChI=1S/C22H12NO2.Y/c24-21-19-14-13-17(12-11-16-7-3-1-4-8-16)15-20(19)22(25)23(21)18-9-5-2-6-10-18;/h1,3-10,13-15H;/q-1;+3. The summed E-state index contributed by atoms with van der Waals surface area (Å²) in [6.07, 6.45) is 0. The molecule has 0 aliphatic carbocycles. The monoisotopic (exact) mass is 411 g/mol. The van der Waals surface area contributed by atoms with Crippen LogP contribution in [0, 0.1) is 17.9 Å². The van der Waals surface area contributed by atoms with Crippen molar-refractivity contribution in [3.8, 4) is 11.8 Å². The van der Waals surface area contributed by atoms with E-state index < -0.39 is 0 Å². The number of carbonyl (C=O) groups excluding carboxylic acids is 2. The molecule has 1 aliphatic rings. The summed E-state index contributed by atoms with van der Waals surface area (Å²) in [6.45, 7) is 0. The molecule has 0 aromatic heterocycles. The molecule has 0 fully saturated rings. The molecular formula is C22H12NO2Y+2. The molecule has 0 saturated heterocycles. The van der Waals surface area contributed by atoms with E-state index in [0.29, 0.717) is 22.4 Å². The number of amides is 2. The molecular weight excluding hydrogens is 399 g/mol. The van der Waals surface area contributed by atoms with Gasteiger partial charge < -0.3 is 0 Å². The van der Waals surface area contributed by atoms with Gasteiger partial charge in [0.15, 0.2) is 0 Å². The number of anilines is 1. The van der Waals surface area contributed by atoms with Gasteiger partial charge in [-0.05, 0) is 30.3 Å². The zero-order valence-corrected chi connectivity index (χ0v) is 16.6. The number of nitrogens with zero attached hydrogens (tertiary/aromatic N) is 1. The second kappa shape index (κ2) is 7.78. The Bertz CT molecular complexity index is 1030. The van der Waals surface area contributed by atoms with E-state index >= 15 is 0 Å². The van der Waals surface area contributed by atoms with Crippen molar-refractivity contribution < 1.29 is 42.3 Å². The van der Waals surface area contributed by atoms with Gasteiger partial charge in [0.1, 0.15) is 0 Å². The predicted molar refractivity (Wildman–Crippen MR) is 95.3 cm³/mol. The molecule has 0 radical (unpaired) electrons. The number of hydrogen-bond acceptors (Lipinski definition) is 2. The molecule has 26 heavy (non-hydrogen) atoms. The molecule has 3 nitrogen and oxygen atoms in total. The van der Waals surface area contributed by atoms with Crippen LogP contribution in [0.15, 0.2) is 72.8 Å². The summed E-state index contributed by atoms with van der Waals surface area (Å²) in [5.74, 6) is 5.46. The Kier molecular flexibility index (Phi) is 5.47. The van der Waals surface area contributed by atoms with Crippen molar-refractivity contribution in [2.75, 3.05) is 4.90 Å². The van der Waals surface area contributed by atoms with Gasteiger partial charge in [0.05, 0.1) is 11.1 Å². The Morgan fingerprint density at radius 2 is 1.38 bits per heavy atom. The van der Waals surface area contributed by atoms with Crippen LogP contribution in [0.2, 0.25) is 0 Å². The molecule has 0 N–H and O–H groups in total. The average Bonchev–Trinajstić information content (AvgIpc) is 2.92. The van der Waals surface area contributed by atoms with E-state index in [1.165, 1.54) is 4.90 Å². The Morgan fingerprint density at radius 1 is 0.731 bits per heavy atom. The van der Waals surface area contributed by atoms with Crippen molar-refractivity contribution in [1.29, 1.82) is 0 Å². The number of fused-ring (bicyclic) bond motifs is 1. The number of carbonyl (C=O) groups is 2. The minimum absolute atomic E-state index is 0. The van der Waals surface area contributed by atoms with Crippen LogP contribution < -0.4 is 4.90 Å². The summed E-state index contributed by atoms with van der Waals surface area (Å²) in [6, 6.07) is 24.3. The van der Waals surface area contributed by atoms with Crippen molar-refractivity contribution in [2.45, 2.75) is 0 Å². The molecule has 0 saturated carbocycles. The largest absolute Gasteiger partial charge is 3.00 e. The van der Waals surface area contributed by atoms with Crippen molar-refractivity contribution >= 4 is 17.5 Å². The molecule has 0 atom stereocenters. The first kappa shape index (κ1) is 18.3. The summed E-state index contributed by atoms with van der Waals surface area (Å²) in [7, 11) is 0. The van der Waals surface area contributed by atoms with E-state index in [1.54, 1.807) is 42.5 Å². The Hall–Kier alpha value is -2.54. The van der Waals surface area contributed by atoms with Gasteiger partial charge in [-0.3, -0.25) is 14.5 Å². The van der Waals surface area contributed by atoms with Gasteiger partial charge in [0, 0.05) is 11.1 Å². The molecule has 1 aliphatic heterocycles. The molecule has 1 heterocycles. The van der Waals surface area contributed by atoms with Gasteiger partial charge in [-0.25, -0.2) is 0 Å². The zero-order valence-electron chi connectivity index (χ0n) is 13.8. The van der Waals surface area contributed by atoms with E-state index in [9.17, 15) is 9.59 Å². The van der Waals surface area contributed by atoms with Crippen LogP contribution in [0.5, 0.6) is 0 Å². The van der Waals surface area contributed by atoms with E-state index in [-0.39, 0.29) is 44.5 Å². The van der Waals surface area contributed by atoms with Crippen molar-refractivity contribution in [3.63, 3.8) is 0 Å². The van der Waals surface area contributed by atoms with Crippen molar-refractivity contribution in [1.82, 2.24) is 0 Å². The number of rotatable bonds is 1. The van der Waals surface area contributed by atoms with Gasteiger partial charge in [-0.2, -0.15) is 18.2 Å². The summed E-state index contributed by atoms with van der Waals surface area (Å²) in [5.41, 5.74) is 2.93. The average molecular weight is 411 g/mol. The van der Waals surface area contributed by atoms with Gasteiger partial charge >= 0.3 is 32.7 Å². The molecule has 3 aromatic carbocycles. The maximum Gasteiger partial charge on any atom is 3.00 e. The number of benzene rings is 3. The van der Waals surface area contributed by atoms with E-state index in [2.05, 4.69) is 17.9 Å². The number of hydrogen-bond donors (Lipinski definition) is 0. The van der Waals surface area contributed by atoms with E-state index in [0.717, 1.165) is 5.56 Å². The predicted octanol–water partition coefficient (Wildman–Crippen LogP) is 3.68. The molecule has 0 spiro atoms. The third-order valence-corrected chi connectivity index (χ3v) is 3.97. The van der Waals surface area contributed by atoms with Crippen LogP contribution in [0.3, 0.4) is 0 Å². The minimum Gasteiger partial charge on any atom is -0.268 e. The molecule has 3 aromatic rings. The topological polar surface area (TPSA) is 37.4 Å². The number of imide groups is 1. The maximum absolute atomic E-state index is 12.7. The van der Waals surface area contributed by atoms with Crippen LogP contribution in [0.4, 0.5) is 5.69 Å². The van der Waals surface area contributed by atoms with E-state index in [1.807, 2.05) is 30.3 Å². The van der Waals surface area contributed by atoms with Crippen LogP contribution >= 0.6 is 0 Å². The quantitative estimate of drug-likeness (QED) is 0.348. The normalized spacial score (nSPS) is 12.1. The molecule has 4 heteroatoms. The molecule has 118 valence electrons. The van der Waals surface area contributed by atoms with E-state index in [4.69, 9.17) is 0 Å². The zero-order chi connectivity index (χ0) is 17.2. The first-order valence-corrected chi connectivity index (χ1v) is 7.80. The molecule has 4 rings (SSSR count). The minimum atomic E-state index is -0.324. The summed E-state index contributed by atoms with van der Waals surface area (Å²) in [4.78, 5) is 26.4. The van der Waals surface area contributed by atoms with Gasteiger partial charge in [0.2, 0.25) is 0 Å². The fourth-order valence-electron chi connectivity index (χ4n) is 2.75. The second-order valence-electron chi connectivity index (χ2n) is 5.58. The van der Waals surface area contributed by atoms with Crippen LogP contribution in [-0.2, 0) is 32.7 Å². The first-order chi connectivity index (χ1) is 12.2.